The molecule has 20 heavy (non-hydrogen) atoms. The first-order valence-corrected chi connectivity index (χ1v) is 6.39. The van der Waals surface area contributed by atoms with Gasteiger partial charge in [-0.1, -0.05) is 30.3 Å². The van der Waals surface area contributed by atoms with Crippen LogP contribution < -0.4 is 5.43 Å². The smallest absolute Gasteiger partial charge is 0.259 e. The fraction of sp³-hybridized carbons (Fsp3) is 0.133. The van der Waals surface area contributed by atoms with Gasteiger partial charge in [-0.15, -0.1) is 0 Å². The zero-order valence-corrected chi connectivity index (χ0v) is 10.9. The molecule has 0 saturated heterocycles. The lowest BCUT2D eigenvalue weighted by Gasteiger charge is -2.28. The Kier molecular flexibility index (Phi) is 3.41. The molecular weight excluding hydrogens is 252 g/mol. The van der Waals surface area contributed by atoms with Crippen molar-refractivity contribution in [2.45, 2.75) is 6.54 Å². The van der Waals surface area contributed by atoms with Crippen molar-refractivity contribution in [2.24, 2.45) is 5.10 Å². The molecule has 0 saturated carbocycles. The fourth-order valence-electron chi connectivity index (χ4n) is 2.14. The van der Waals surface area contributed by atoms with Gasteiger partial charge in [0.1, 0.15) is 6.54 Å². The number of hydrogen-bond donors (Lipinski definition) is 1. The van der Waals surface area contributed by atoms with Gasteiger partial charge >= 0.3 is 0 Å². The highest BCUT2D eigenvalue weighted by Crippen LogP contribution is 2.12. The minimum absolute atomic E-state index is 0.0984. The highest BCUT2D eigenvalue weighted by atomic mass is 16.2. The highest BCUT2D eigenvalue weighted by molar-refractivity contribution is 6.02. The number of hydrogen-bond acceptors (Lipinski definition) is 4. The van der Waals surface area contributed by atoms with Crippen molar-refractivity contribution < 1.29 is 4.79 Å². The van der Waals surface area contributed by atoms with Crippen LogP contribution in [0.15, 0.2) is 60.0 Å². The van der Waals surface area contributed by atoms with E-state index in [0.717, 1.165) is 17.0 Å². The van der Waals surface area contributed by atoms with Crippen molar-refractivity contribution in [2.75, 3.05) is 6.54 Å². The van der Waals surface area contributed by atoms with Gasteiger partial charge in [-0.3, -0.25) is 9.78 Å². The van der Waals surface area contributed by atoms with Crippen LogP contribution in [0.1, 0.15) is 11.1 Å². The summed E-state index contributed by atoms with van der Waals surface area (Å²) in [6, 6.07) is 13.7. The van der Waals surface area contributed by atoms with E-state index >= 15 is 0 Å². The number of nitrogens with one attached hydrogen (secondary N) is 1. The van der Waals surface area contributed by atoms with Gasteiger partial charge in [-0.25, -0.2) is 5.43 Å². The molecule has 1 aliphatic rings. The van der Waals surface area contributed by atoms with Gasteiger partial charge in [0, 0.05) is 24.5 Å². The first-order valence-electron chi connectivity index (χ1n) is 6.39. The lowest BCUT2D eigenvalue weighted by molar-refractivity contribution is -0.122. The molecule has 1 N–H and O–H groups in total. The summed E-state index contributed by atoms with van der Waals surface area (Å²) < 4.78 is 0. The molecular formula is C15H14N4O. The summed E-state index contributed by atoms with van der Waals surface area (Å²) in [5.74, 6) is 0.681. The van der Waals surface area contributed by atoms with Crippen LogP contribution in [0.2, 0.25) is 0 Å². The SMILES string of the molecule is O=C1CN(Cc2ccncc2)C(c2ccccc2)=NN1. The van der Waals surface area contributed by atoms with E-state index in [-0.39, 0.29) is 5.91 Å². The second-order valence-electron chi connectivity index (χ2n) is 4.55. The van der Waals surface area contributed by atoms with E-state index in [4.69, 9.17) is 0 Å². The standard InChI is InChI=1S/C15H14N4O/c20-14-11-19(10-12-6-8-16-9-7-12)15(18-17-14)13-4-2-1-3-5-13/h1-9H,10-11H2,(H,17,20). The van der Waals surface area contributed by atoms with E-state index in [1.807, 2.05) is 47.4 Å². The minimum atomic E-state index is -0.0984. The van der Waals surface area contributed by atoms with Crippen LogP contribution in [0.5, 0.6) is 0 Å². The predicted molar refractivity (Wildman–Crippen MR) is 75.8 cm³/mol. The Morgan fingerprint density at radius 1 is 1.10 bits per heavy atom. The topological polar surface area (TPSA) is 57.6 Å². The molecule has 1 aromatic heterocycles. The highest BCUT2D eigenvalue weighted by Gasteiger charge is 2.21. The molecule has 0 radical (unpaired) electrons. The largest absolute Gasteiger partial charge is 0.341 e. The summed E-state index contributed by atoms with van der Waals surface area (Å²) in [5.41, 5.74) is 4.62. The van der Waals surface area contributed by atoms with E-state index in [9.17, 15) is 4.79 Å². The number of pyridine rings is 1. The normalized spacial score (nSPS) is 14.7. The molecule has 0 spiro atoms. The van der Waals surface area contributed by atoms with Crippen LogP contribution in [0.4, 0.5) is 0 Å². The van der Waals surface area contributed by atoms with Crippen molar-refractivity contribution in [1.29, 1.82) is 0 Å². The van der Waals surface area contributed by atoms with Crippen molar-refractivity contribution in [3.63, 3.8) is 0 Å². The number of rotatable bonds is 3. The van der Waals surface area contributed by atoms with E-state index < -0.39 is 0 Å². The minimum Gasteiger partial charge on any atom is -0.341 e. The van der Waals surface area contributed by atoms with Crippen LogP contribution in [0.3, 0.4) is 0 Å². The molecule has 2 aromatic rings. The molecule has 1 amide bonds. The van der Waals surface area contributed by atoms with Gasteiger partial charge in [0.2, 0.25) is 0 Å². The molecule has 5 nitrogen and oxygen atoms in total. The van der Waals surface area contributed by atoms with E-state index in [1.54, 1.807) is 12.4 Å². The first kappa shape index (κ1) is 12.3. The number of carbonyl (C=O) groups excluding carboxylic acids is 1. The summed E-state index contributed by atoms with van der Waals surface area (Å²) in [7, 11) is 0. The molecule has 1 aromatic carbocycles. The molecule has 100 valence electrons. The quantitative estimate of drug-likeness (QED) is 0.913. The van der Waals surface area contributed by atoms with Crippen LogP contribution in [0, 0.1) is 0 Å². The Labute approximate surface area is 116 Å². The average Bonchev–Trinajstić information content (AvgIpc) is 2.49. The van der Waals surface area contributed by atoms with Gasteiger partial charge in [-0.2, -0.15) is 5.10 Å². The predicted octanol–water partition coefficient (Wildman–Crippen LogP) is 1.38. The number of aromatic nitrogens is 1. The molecule has 0 atom stereocenters. The maximum absolute atomic E-state index is 11.6. The maximum Gasteiger partial charge on any atom is 0.259 e. The Morgan fingerprint density at radius 2 is 1.85 bits per heavy atom. The molecule has 0 bridgehead atoms. The fourth-order valence-corrected chi connectivity index (χ4v) is 2.14. The zero-order chi connectivity index (χ0) is 13.8. The number of nitrogens with zero attached hydrogens (tertiary/aromatic N) is 3. The van der Waals surface area contributed by atoms with Crippen molar-refractivity contribution in [3.05, 3.63) is 66.0 Å². The van der Waals surface area contributed by atoms with E-state index in [1.165, 1.54) is 0 Å². The Bertz CT molecular complexity index is 625. The van der Waals surface area contributed by atoms with Crippen LogP contribution in [0.25, 0.3) is 0 Å². The second kappa shape index (κ2) is 5.52. The van der Waals surface area contributed by atoms with Gasteiger partial charge in [-0.05, 0) is 17.7 Å². The van der Waals surface area contributed by atoms with Crippen LogP contribution in [-0.4, -0.2) is 28.2 Å². The molecule has 1 aliphatic heterocycles. The Morgan fingerprint density at radius 3 is 2.60 bits per heavy atom. The number of carbonyl (C=O) groups is 1. The summed E-state index contributed by atoms with van der Waals surface area (Å²) >= 11 is 0. The van der Waals surface area contributed by atoms with Crippen molar-refractivity contribution >= 4 is 11.7 Å². The molecule has 3 rings (SSSR count). The zero-order valence-electron chi connectivity index (χ0n) is 10.9. The lowest BCUT2D eigenvalue weighted by Crippen LogP contribution is -2.45. The van der Waals surface area contributed by atoms with E-state index in [0.29, 0.717) is 13.1 Å². The maximum atomic E-state index is 11.6. The second-order valence-corrected chi connectivity index (χ2v) is 4.55. The summed E-state index contributed by atoms with van der Waals surface area (Å²) in [6.07, 6.45) is 3.50. The number of hydrazone groups is 1. The third-order valence-corrected chi connectivity index (χ3v) is 3.08. The van der Waals surface area contributed by atoms with Crippen LogP contribution >= 0.6 is 0 Å². The molecule has 5 heteroatoms. The average molecular weight is 266 g/mol. The number of amides is 1. The van der Waals surface area contributed by atoms with Crippen LogP contribution in [-0.2, 0) is 11.3 Å². The van der Waals surface area contributed by atoms with Crippen molar-refractivity contribution in [3.8, 4) is 0 Å². The van der Waals surface area contributed by atoms with Gasteiger partial charge in [0.05, 0.1) is 0 Å². The van der Waals surface area contributed by atoms with E-state index in [2.05, 4.69) is 15.5 Å². The number of benzene rings is 1. The molecule has 0 unspecified atom stereocenters. The lowest BCUT2D eigenvalue weighted by atomic mass is 10.1. The van der Waals surface area contributed by atoms with Gasteiger partial charge in [0.15, 0.2) is 5.84 Å². The third-order valence-electron chi connectivity index (χ3n) is 3.08. The number of amidine groups is 1. The van der Waals surface area contributed by atoms with Gasteiger partial charge < -0.3 is 4.90 Å². The Hall–Kier alpha value is -2.69. The summed E-state index contributed by atoms with van der Waals surface area (Å²) in [5, 5.41) is 4.19. The van der Waals surface area contributed by atoms with Crippen molar-refractivity contribution in [1.82, 2.24) is 15.3 Å². The molecule has 0 aliphatic carbocycles. The monoisotopic (exact) mass is 266 g/mol. The molecule has 2 heterocycles. The summed E-state index contributed by atoms with van der Waals surface area (Å²) in [6.45, 7) is 0.930. The molecule has 0 fully saturated rings. The third kappa shape index (κ3) is 2.66. The van der Waals surface area contributed by atoms with Gasteiger partial charge in [0.25, 0.3) is 5.91 Å². The Balaban J connectivity index is 1.88. The first-order chi connectivity index (χ1) is 9.83. The summed E-state index contributed by atoms with van der Waals surface area (Å²) in [4.78, 5) is 17.5.